The number of likely N-dealkylation sites (tertiary alicyclic amines) is 1. The fourth-order valence-corrected chi connectivity index (χ4v) is 8.07. The second kappa shape index (κ2) is 13.7. The Morgan fingerprint density at radius 3 is 2.59 bits per heavy atom. The van der Waals surface area contributed by atoms with Gasteiger partial charge in [0.1, 0.15) is 6.04 Å². The molecule has 6 rings (SSSR count). The summed E-state index contributed by atoms with van der Waals surface area (Å²) in [5.74, 6) is -2.14. The van der Waals surface area contributed by atoms with Gasteiger partial charge >= 0.3 is 12.1 Å². The van der Waals surface area contributed by atoms with Crippen molar-refractivity contribution in [1.29, 1.82) is 0 Å². The molecular weight excluding hydrogens is 640 g/mol. The van der Waals surface area contributed by atoms with Crippen LogP contribution in [0.1, 0.15) is 48.8 Å². The molecule has 5 atom stereocenters. The van der Waals surface area contributed by atoms with Crippen LogP contribution in [0.15, 0.2) is 77.1 Å². The van der Waals surface area contributed by atoms with Crippen molar-refractivity contribution in [3.8, 4) is 0 Å². The molecule has 13 heteroatoms. The largest absolute Gasteiger partial charge is 0.471 e. The van der Waals surface area contributed by atoms with Crippen LogP contribution in [-0.4, -0.2) is 57.4 Å². The lowest BCUT2D eigenvalue weighted by Gasteiger charge is -2.41. The number of aliphatic hydroxyl groups excluding tert-OH is 1. The molecule has 2 amide bonds. The van der Waals surface area contributed by atoms with Crippen LogP contribution < -0.4 is 5.32 Å². The van der Waals surface area contributed by atoms with Crippen LogP contribution in [0.25, 0.3) is 10.2 Å². The van der Waals surface area contributed by atoms with E-state index < -0.39 is 30.3 Å². The summed E-state index contributed by atoms with van der Waals surface area (Å²) in [5.41, 5.74) is 3.62. The van der Waals surface area contributed by atoms with Gasteiger partial charge in [-0.05, 0) is 48.2 Å². The minimum Gasteiger partial charge on any atom is -0.392 e. The Labute approximate surface area is 271 Å². The maximum absolute atomic E-state index is 13.1. The van der Waals surface area contributed by atoms with Gasteiger partial charge in [-0.1, -0.05) is 67.2 Å². The van der Waals surface area contributed by atoms with E-state index in [1.165, 1.54) is 0 Å². The quantitative estimate of drug-likeness (QED) is 0.197. The molecule has 3 heterocycles. The van der Waals surface area contributed by atoms with Crippen LogP contribution in [0.5, 0.6) is 0 Å². The summed E-state index contributed by atoms with van der Waals surface area (Å²) in [7, 11) is 0. The number of rotatable bonds is 8. The smallest absolute Gasteiger partial charge is 0.392 e. The number of anilines is 1. The van der Waals surface area contributed by atoms with Crippen LogP contribution in [0.2, 0.25) is 0 Å². The van der Waals surface area contributed by atoms with E-state index in [1.54, 1.807) is 47.4 Å². The SMILES string of the molecule is C[C@H]1[C@@H](CSc2nc3ccccc3s2)O[C@@H](c2cccc(NC(=O)[C@@H]3CCCN3C(=O)C(F)(F)F)c2)O[C@H]1c1ccc(CO)cc1. The van der Waals surface area contributed by atoms with E-state index in [0.29, 0.717) is 28.3 Å². The summed E-state index contributed by atoms with van der Waals surface area (Å²) < 4.78 is 54.4. The molecule has 3 aromatic carbocycles. The number of thiazole rings is 1. The highest BCUT2D eigenvalue weighted by molar-refractivity contribution is 8.01. The van der Waals surface area contributed by atoms with Crippen LogP contribution in [0.4, 0.5) is 18.9 Å². The number of carbonyl (C=O) groups excluding carboxylic acids is 2. The van der Waals surface area contributed by atoms with Crippen molar-refractivity contribution >= 4 is 50.8 Å². The molecule has 4 aromatic rings. The maximum atomic E-state index is 13.1. The number of nitrogens with one attached hydrogen (secondary N) is 1. The third-order valence-corrected chi connectivity index (χ3v) is 10.5. The second-order valence-corrected chi connectivity index (χ2v) is 13.6. The number of hydrogen-bond acceptors (Lipinski definition) is 8. The predicted octanol–water partition coefficient (Wildman–Crippen LogP) is 6.86. The number of fused-ring (bicyclic) bond motifs is 1. The molecule has 0 saturated carbocycles. The van der Waals surface area contributed by atoms with E-state index in [1.807, 2.05) is 48.5 Å². The van der Waals surface area contributed by atoms with Crippen LogP contribution >= 0.6 is 23.1 Å². The molecule has 242 valence electrons. The highest BCUT2D eigenvalue weighted by Crippen LogP contribution is 2.44. The van der Waals surface area contributed by atoms with E-state index in [-0.39, 0.29) is 37.7 Å². The Bertz CT molecular complexity index is 1670. The molecule has 2 aliphatic heterocycles. The first-order valence-corrected chi connectivity index (χ1v) is 16.7. The van der Waals surface area contributed by atoms with E-state index in [2.05, 4.69) is 12.2 Å². The number of nitrogens with zero attached hydrogens (tertiary/aromatic N) is 2. The number of carbonyl (C=O) groups is 2. The van der Waals surface area contributed by atoms with Gasteiger partial charge in [-0.2, -0.15) is 13.2 Å². The van der Waals surface area contributed by atoms with Gasteiger partial charge in [-0.15, -0.1) is 11.3 Å². The van der Waals surface area contributed by atoms with E-state index in [4.69, 9.17) is 14.5 Å². The molecule has 0 unspecified atom stereocenters. The Balaban J connectivity index is 1.21. The summed E-state index contributed by atoms with van der Waals surface area (Å²) in [4.78, 5) is 30.3. The lowest BCUT2D eigenvalue weighted by Crippen LogP contribution is -2.48. The number of ether oxygens (including phenoxy) is 2. The molecule has 0 radical (unpaired) electrons. The molecule has 0 bridgehead atoms. The van der Waals surface area contributed by atoms with Crippen LogP contribution in [-0.2, 0) is 25.7 Å². The Morgan fingerprint density at radius 1 is 1.07 bits per heavy atom. The third-order valence-electron chi connectivity index (χ3n) is 8.25. The van der Waals surface area contributed by atoms with Gasteiger partial charge in [-0.25, -0.2) is 4.98 Å². The van der Waals surface area contributed by atoms with Crippen molar-refractivity contribution in [2.75, 3.05) is 17.6 Å². The first kappa shape index (κ1) is 32.5. The number of aliphatic hydroxyl groups is 1. The zero-order valence-electron chi connectivity index (χ0n) is 24.8. The number of hydrogen-bond donors (Lipinski definition) is 2. The maximum Gasteiger partial charge on any atom is 0.471 e. The summed E-state index contributed by atoms with van der Waals surface area (Å²) in [6.07, 6.45) is -6.02. The first-order chi connectivity index (χ1) is 22.1. The van der Waals surface area contributed by atoms with Crippen molar-refractivity contribution in [3.05, 3.63) is 89.5 Å². The van der Waals surface area contributed by atoms with Crippen molar-refractivity contribution in [1.82, 2.24) is 9.88 Å². The average Bonchev–Trinajstić information content (AvgIpc) is 3.71. The zero-order valence-corrected chi connectivity index (χ0v) is 26.4. The lowest BCUT2D eigenvalue weighted by molar-refractivity contribution is -0.268. The second-order valence-electron chi connectivity index (χ2n) is 11.3. The highest BCUT2D eigenvalue weighted by atomic mass is 32.2. The monoisotopic (exact) mass is 671 g/mol. The summed E-state index contributed by atoms with van der Waals surface area (Å²) in [5, 5.41) is 12.2. The number of amides is 2. The lowest BCUT2D eigenvalue weighted by atomic mass is 9.91. The van der Waals surface area contributed by atoms with Crippen molar-refractivity contribution in [2.24, 2.45) is 5.92 Å². The fourth-order valence-electron chi connectivity index (χ4n) is 5.81. The molecule has 1 aromatic heterocycles. The van der Waals surface area contributed by atoms with Gasteiger partial charge in [-0.3, -0.25) is 9.59 Å². The van der Waals surface area contributed by atoms with E-state index >= 15 is 0 Å². The van der Waals surface area contributed by atoms with Crippen molar-refractivity contribution in [2.45, 2.75) is 61.4 Å². The van der Waals surface area contributed by atoms with E-state index in [0.717, 1.165) is 25.7 Å². The summed E-state index contributed by atoms with van der Waals surface area (Å²) in [6, 6.07) is 21.1. The molecular formula is C33H32F3N3O5S2. The molecule has 2 aliphatic rings. The van der Waals surface area contributed by atoms with Crippen molar-refractivity contribution in [3.63, 3.8) is 0 Å². The molecule has 2 saturated heterocycles. The van der Waals surface area contributed by atoms with Crippen LogP contribution in [0.3, 0.4) is 0 Å². The van der Waals surface area contributed by atoms with Gasteiger partial charge in [0.2, 0.25) is 5.91 Å². The number of benzene rings is 3. The molecule has 8 nitrogen and oxygen atoms in total. The number of thioether (sulfide) groups is 1. The number of para-hydroxylation sites is 1. The van der Waals surface area contributed by atoms with Crippen LogP contribution in [0, 0.1) is 5.92 Å². The molecule has 2 N–H and O–H groups in total. The zero-order chi connectivity index (χ0) is 32.4. The average molecular weight is 672 g/mol. The minimum atomic E-state index is -5.05. The molecule has 2 fully saturated rings. The number of alkyl halides is 3. The summed E-state index contributed by atoms with van der Waals surface area (Å²) >= 11 is 3.23. The predicted molar refractivity (Wildman–Crippen MR) is 169 cm³/mol. The van der Waals surface area contributed by atoms with Gasteiger partial charge in [0, 0.05) is 29.5 Å². The Hall–Kier alpha value is -3.49. The Morgan fingerprint density at radius 2 is 1.85 bits per heavy atom. The van der Waals surface area contributed by atoms with Gasteiger partial charge in [0.25, 0.3) is 0 Å². The van der Waals surface area contributed by atoms with Gasteiger partial charge in [0.05, 0.1) is 29.0 Å². The normalized spacial score (nSPS) is 23.5. The number of aromatic nitrogens is 1. The molecule has 0 aliphatic carbocycles. The van der Waals surface area contributed by atoms with Gasteiger partial charge in [0.15, 0.2) is 10.6 Å². The highest BCUT2D eigenvalue weighted by Gasteiger charge is 2.47. The topological polar surface area (TPSA) is 101 Å². The standard InChI is InChI=1S/C33H32F3N3O5S2/c1-19-26(18-45-32-38-24-8-2-3-10-27(24)46-32)43-30(44-28(19)21-13-11-20(17-40)12-14-21)22-6-4-7-23(16-22)37-29(41)25-9-5-15-39(25)31(42)33(34,35)36/h2-4,6-8,10-14,16,19,25-26,28,30,40H,5,9,15,17-18H2,1H3,(H,37,41)/t19-,25-,26+,28+,30+/m0/s1. The number of halogens is 3. The third kappa shape index (κ3) is 7.08. The molecule has 0 spiro atoms. The van der Waals surface area contributed by atoms with E-state index in [9.17, 15) is 27.9 Å². The molecule has 46 heavy (non-hydrogen) atoms. The fraction of sp³-hybridized carbons (Fsp3) is 0.364. The van der Waals surface area contributed by atoms with Gasteiger partial charge < -0.3 is 24.8 Å². The first-order valence-electron chi connectivity index (χ1n) is 14.9. The summed E-state index contributed by atoms with van der Waals surface area (Å²) in [6.45, 7) is 1.86. The van der Waals surface area contributed by atoms with Crippen molar-refractivity contribution < 1.29 is 37.3 Å². The minimum absolute atomic E-state index is 0.0551. The Kier molecular flexibility index (Phi) is 9.67.